The minimum Gasteiger partial charge on any atom is -0.374 e. The highest BCUT2D eigenvalue weighted by Gasteiger charge is 2.28. The summed E-state index contributed by atoms with van der Waals surface area (Å²) >= 11 is 0. The van der Waals surface area contributed by atoms with E-state index in [1.54, 1.807) is 0 Å². The van der Waals surface area contributed by atoms with Gasteiger partial charge in [-0.3, -0.25) is 0 Å². The SMILES string of the molecule is C=CCCC(NCCC)C(C)(C)OCC. The Morgan fingerprint density at radius 3 is 2.53 bits per heavy atom. The van der Waals surface area contributed by atoms with Gasteiger partial charge in [-0.2, -0.15) is 0 Å². The third-order valence-corrected chi connectivity index (χ3v) is 2.66. The standard InChI is InChI=1S/C13H27NO/c1-6-9-10-12(14-11-7-2)13(4,5)15-8-3/h6,12,14H,1,7-11H2,2-5H3. The van der Waals surface area contributed by atoms with Crippen molar-refractivity contribution in [3.8, 4) is 0 Å². The zero-order chi connectivity index (χ0) is 11.7. The monoisotopic (exact) mass is 213 g/mol. The van der Waals surface area contributed by atoms with Crippen LogP contribution in [0.4, 0.5) is 0 Å². The highest BCUT2D eigenvalue weighted by molar-refractivity contribution is 4.87. The van der Waals surface area contributed by atoms with Gasteiger partial charge in [0.25, 0.3) is 0 Å². The minimum atomic E-state index is -0.0903. The van der Waals surface area contributed by atoms with Crippen molar-refractivity contribution in [2.45, 2.75) is 58.6 Å². The molecule has 0 rings (SSSR count). The average Bonchev–Trinajstić information content (AvgIpc) is 2.17. The number of hydrogen-bond donors (Lipinski definition) is 1. The maximum Gasteiger partial charge on any atom is 0.0778 e. The highest BCUT2D eigenvalue weighted by atomic mass is 16.5. The zero-order valence-corrected chi connectivity index (χ0v) is 10.8. The average molecular weight is 213 g/mol. The summed E-state index contributed by atoms with van der Waals surface area (Å²) in [5.74, 6) is 0. The van der Waals surface area contributed by atoms with E-state index >= 15 is 0 Å². The topological polar surface area (TPSA) is 21.3 Å². The molecule has 0 aliphatic rings. The van der Waals surface area contributed by atoms with E-state index in [0.717, 1.165) is 32.4 Å². The summed E-state index contributed by atoms with van der Waals surface area (Å²) in [6, 6.07) is 0.412. The molecule has 1 N–H and O–H groups in total. The minimum absolute atomic E-state index is 0.0903. The molecule has 0 aliphatic carbocycles. The fraction of sp³-hybridized carbons (Fsp3) is 0.846. The van der Waals surface area contributed by atoms with Gasteiger partial charge < -0.3 is 10.1 Å². The maximum absolute atomic E-state index is 5.79. The molecule has 0 spiro atoms. The molecule has 0 aromatic rings. The molecular weight excluding hydrogens is 186 g/mol. The lowest BCUT2D eigenvalue weighted by molar-refractivity contribution is -0.0398. The Labute approximate surface area is 95.1 Å². The molecule has 0 aromatic carbocycles. The largest absolute Gasteiger partial charge is 0.374 e. The van der Waals surface area contributed by atoms with Crippen LogP contribution in [0.25, 0.3) is 0 Å². The van der Waals surface area contributed by atoms with Crippen LogP contribution in [0, 0.1) is 0 Å². The van der Waals surface area contributed by atoms with Crippen molar-refractivity contribution in [2.24, 2.45) is 0 Å². The Bertz CT molecular complexity index is 166. The molecule has 15 heavy (non-hydrogen) atoms. The number of hydrogen-bond acceptors (Lipinski definition) is 2. The lowest BCUT2D eigenvalue weighted by Gasteiger charge is -2.35. The van der Waals surface area contributed by atoms with Gasteiger partial charge in [-0.25, -0.2) is 0 Å². The van der Waals surface area contributed by atoms with Crippen LogP contribution in [0.1, 0.15) is 47.0 Å². The van der Waals surface area contributed by atoms with E-state index in [-0.39, 0.29) is 5.60 Å². The fourth-order valence-corrected chi connectivity index (χ4v) is 1.77. The van der Waals surface area contributed by atoms with Crippen LogP contribution in [0.2, 0.25) is 0 Å². The molecule has 0 aromatic heterocycles. The molecule has 2 nitrogen and oxygen atoms in total. The molecule has 0 radical (unpaired) electrons. The van der Waals surface area contributed by atoms with E-state index in [9.17, 15) is 0 Å². The van der Waals surface area contributed by atoms with Crippen molar-refractivity contribution in [1.29, 1.82) is 0 Å². The third-order valence-electron chi connectivity index (χ3n) is 2.66. The van der Waals surface area contributed by atoms with E-state index < -0.39 is 0 Å². The Kier molecular flexibility index (Phi) is 7.71. The normalized spacial score (nSPS) is 13.9. The highest BCUT2D eigenvalue weighted by Crippen LogP contribution is 2.19. The van der Waals surface area contributed by atoms with Crippen molar-refractivity contribution in [2.75, 3.05) is 13.2 Å². The van der Waals surface area contributed by atoms with Crippen LogP contribution in [0.3, 0.4) is 0 Å². The number of ether oxygens (including phenoxy) is 1. The lowest BCUT2D eigenvalue weighted by atomic mass is 9.94. The lowest BCUT2D eigenvalue weighted by Crippen LogP contribution is -2.48. The Morgan fingerprint density at radius 1 is 1.40 bits per heavy atom. The van der Waals surface area contributed by atoms with Gasteiger partial charge in [-0.15, -0.1) is 6.58 Å². The van der Waals surface area contributed by atoms with Gasteiger partial charge in [0.1, 0.15) is 0 Å². The zero-order valence-electron chi connectivity index (χ0n) is 10.8. The van der Waals surface area contributed by atoms with Gasteiger partial charge >= 0.3 is 0 Å². The Morgan fingerprint density at radius 2 is 2.07 bits per heavy atom. The van der Waals surface area contributed by atoms with Gasteiger partial charge in [-0.05, 0) is 46.6 Å². The molecular formula is C13H27NO. The van der Waals surface area contributed by atoms with Crippen LogP contribution in [-0.2, 0) is 4.74 Å². The molecule has 0 aliphatic heterocycles. The summed E-state index contributed by atoms with van der Waals surface area (Å²) < 4.78 is 5.79. The summed E-state index contributed by atoms with van der Waals surface area (Å²) in [4.78, 5) is 0. The van der Waals surface area contributed by atoms with Gasteiger partial charge in [-0.1, -0.05) is 13.0 Å². The Balaban J connectivity index is 4.23. The molecule has 0 amide bonds. The quantitative estimate of drug-likeness (QED) is 0.594. The van der Waals surface area contributed by atoms with Gasteiger partial charge in [0.15, 0.2) is 0 Å². The molecule has 90 valence electrons. The van der Waals surface area contributed by atoms with Crippen LogP contribution in [-0.4, -0.2) is 24.8 Å². The van der Waals surface area contributed by atoms with Gasteiger partial charge in [0, 0.05) is 12.6 Å². The van der Waals surface area contributed by atoms with E-state index in [1.807, 2.05) is 13.0 Å². The number of rotatable bonds is 9. The first kappa shape index (κ1) is 14.7. The van der Waals surface area contributed by atoms with Crippen molar-refractivity contribution in [1.82, 2.24) is 5.32 Å². The summed E-state index contributed by atoms with van der Waals surface area (Å²) in [7, 11) is 0. The van der Waals surface area contributed by atoms with E-state index in [2.05, 4.69) is 32.7 Å². The number of allylic oxidation sites excluding steroid dienone is 1. The molecule has 2 heteroatoms. The second-order valence-electron chi connectivity index (χ2n) is 4.41. The van der Waals surface area contributed by atoms with Crippen LogP contribution in [0.15, 0.2) is 12.7 Å². The second-order valence-corrected chi connectivity index (χ2v) is 4.41. The van der Waals surface area contributed by atoms with Gasteiger partial charge in [0.05, 0.1) is 5.60 Å². The number of nitrogens with one attached hydrogen (secondary N) is 1. The smallest absolute Gasteiger partial charge is 0.0778 e. The molecule has 1 atom stereocenters. The van der Waals surface area contributed by atoms with E-state index in [4.69, 9.17) is 4.74 Å². The molecule has 0 fully saturated rings. The van der Waals surface area contributed by atoms with E-state index in [1.165, 1.54) is 0 Å². The van der Waals surface area contributed by atoms with E-state index in [0.29, 0.717) is 6.04 Å². The first-order valence-electron chi connectivity index (χ1n) is 6.06. The maximum atomic E-state index is 5.79. The van der Waals surface area contributed by atoms with Crippen molar-refractivity contribution < 1.29 is 4.74 Å². The van der Waals surface area contributed by atoms with Crippen LogP contribution >= 0.6 is 0 Å². The van der Waals surface area contributed by atoms with Crippen LogP contribution in [0.5, 0.6) is 0 Å². The summed E-state index contributed by atoms with van der Waals surface area (Å²) in [6.07, 6.45) is 5.27. The second kappa shape index (κ2) is 7.89. The molecule has 0 saturated carbocycles. The summed E-state index contributed by atoms with van der Waals surface area (Å²) in [5, 5.41) is 3.56. The predicted octanol–water partition coefficient (Wildman–Crippen LogP) is 3.14. The summed E-state index contributed by atoms with van der Waals surface area (Å²) in [6.45, 7) is 14.1. The molecule has 0 saturated heterocycles. The Hall–Kier alpha value is -0.340. The van der Waals surface area contributed by atoms with Gasteiger partial charge in [0.2, 0.25) is 0 Å². The summed E-state index contributed by atoms with van der Waals surface area (Å²) in [5.41, 5.74) is -0.0903. The fourth-order valence-electron chi connectivity index (χ4n) is 1.77. The van der Waals surface area contributed by atoms with Crippen LogP contribution < -0.4 is 5.32 Å². The molecule has 0 bridgehead atoms. The third kappa shape index (κ3) is 5.95. The first-order valence-corrected chi connectivity index (χ1v) is 6.06. The first-order chi connectivity index (χ1) is 7.08. The molecule has 1 unspecified atom stereocenters. The predicted molar refractivity (Wildman–Crippen MR) is 67.2 cm³/mol. The molecule has 0 heterocycles. The van der Waals surface area contributed by atoms with Crippen molar-refractivity contribution in [3.63, 3.8) is 0 Å². The van der Waals surface area contributed by atoms with Crippen molar-refractivity contribution in [3.05, 3.63) is 12.7 Å². The van der Waals surface area contributed by atoms with Crippen molar-refractivity contribution >= 4 is 0 Å².